The van der Waals surface area contributed by atoms with Gasteiger partial charge in [-0.2, -0.15) is 0 Å². The van der Waals surface area contributed by atoms with Gasteiger partial charge in [0.15, 0.2) is 0 Å². The molecule has 0 bridgehead atoms. The maximum Gasteiger partial charge on any atom is 0.407 e. The highest BCUT2D eigenvalue weighted by Crippen LogP contribution is 2.33. The predicted molar refractivity (Wildman–Crippen MR) is 87.4 cm³/mol. The molecule has 2 unspecified atom stereocenters. The first kappa shape index (κ1) is 19.7. The van der Waals surface area contributed by atoms with Crippen LogP contribution in [0, 0.1) is 5.41 Å². The van der Waals surface area contributed by atoms with Crippen molar-refractivity contribution in [2.24, 2.45) is 5.41 Å². The number of rotatable bonds is 7. The van der Waals surface area contributed by atoms with Crippen molar-refractivity contribution in [1.29, 1.82) is 0 Å². The van der Waals surface area contributed by atoms with Crippen molar-refractivity contribution >= 4 is 12.1 Å². The lowest BCUT2D eigenvalue weighted by Crippen LogP contribution is -2.47. The van der Waals surface area contributed by atoms with Gasteiger partial charge in [-0.05, 0) is 52.9 Å². The van der Waals surface area contributed by atoms with Crippen molar-refractivity contribution in [3.63, 3.8) is 0 Å². The number of alkyl carbamates (subject to hydrolysis) is 1. The van der Waals surface area contributed by atoms with E-state index in [4.69, 9.17) is 9.47 Å². The Morgan fingerprint density at radius 2 is 2.00 bits per heavy atom. The number of carbonyl (C=O) groups is 2. The lowest BCUT2D eigenvalue weighted by Gasteiger charge is -2.34. The van der Waals surface area contributed by atoms with Gasteiger partial charge < -0.3 is 19.9 Å². The molecule has 1 aliphatic rings. The number of carbonyl (C=O) groups excluding carboxylic acids is 1. The van der Waals surface area contributed by atoms with Crippen molar-refractivity contribution in [2.45, 2.75) is 77.9 Å². The van der Waals surface area contributed by atoms with Crippen LogP contribution in [0.2, 0.25) is 0 Å². The summed E-state index contributed by atoms with van der Waals surface area (Å²) >= 11 is 0. The molecule has 2 atom stereocenters. The van der Waals surface area contributed by atoms with Crippen LogP contribution >= 0.6 is 0 Å². The van der Waals surface area contributed by atoms with Crippen LogP contribution in [0.3, 0.4) is 0 Å². The van der Waals surface area contributed by atoms with E-state index in [1.807, 2.05) is 6.92 Å². The Labute approximate surface area is 138 Å². The summed E-state index contributed by atoms with van der Waals surface area (Å²) in [6, 6.07) is 0. The maximum atomic E-state index is 11.9. The number of aliphatic carboxylic acids is 1. The Hall–Kier alpha value is -1.30. The third kappa shape index (κ3) is 6.77. The van der Waals surface area contributed by atoms with Crippen LogP contribution in [-0.4, -0.2) is 42.0 Å². The van der Waals surface area contributed by atoms with Crippen molar-refractivity contribution in [3.8, 4) is 0 Å². The molecule has 1 amide bonds. The fourth-order valence-corrected chi connectivity index (χ4v) is 2.97. The summed E-state index contributed by atoms with van der Waals surface area (Å²) in [5.74, 6) is -0.885. The highest BCUT2D eigenvalue weighted by molar-refractivity contribution is 5.76. The minimum absolute atomic E-state index is 0.0492. The highest BCUT2D eigenvalue weighted by Gasteiger charge is 2.41. The van der Waals surface area contributed by atoms with E-state index in [-0.39, 0.29) is 12.6 Å². The zero-order valence-electron chi connectivity index (χ0n) is 14.8. The van der Waals surface area contributed by atoms with Crippen molar-refractivity contribution in [3.05, 3.63) is 0 Å². The Kier molecular flexibility index (Phi) is 7.32. The normalized spacial score (nSPS) is 21.3. The monoisotopic (exact) mass is 329 g/mol. The number of ether oxygens (including phenoxy) is 2. The van der Waals surface area contributed by atoms with Crippen LogP contribution in [0.25, 0.3) is 0 Å². The van der Waals surface area contributed by atoms with Crippen LogP contribution in [0.15, 0.2) is 0 Å². The second-order valence-corrected chi connectivity index (χ2v) is 7.38. The molecular weight excluding hydrogens is 298 g/mol. The average molecular weight is 329 g/mol. The molecule has 1 fully saturated rings. The second kappa shape index (κ2) is 8.52. The van der Waals surface area contributed by atoms with Crippen molar-refractivity contribution in [2.75, 3.05) is 13.2 Å². The molecule has 6 nitrogen and oxygen atoms in total. The largest absolute Gasteiger partial charge is 0.481 e. The van der Waals surface area contributed by atoms with Gasteiger partial charge in [-0.3, -0.25) is 4.79 Å². The molecule has 0 aliphatic carbocycles. The van der Waals surface area contributed by atoms with Gasteiger partial charge in [-0.15, -0.1) is 0 Å². The Bertz CT molecular complexity index is 398. The quantitative estimate of drug-likeness (QED) is 0.748. The van der Waals surface area contributed by atoms with Crippen LogP contribution in [0.1, 0.15) is 66.2 Å². The molecule has 2 N–H and O–H groups in total. The molecule has 23 heavy (non-hydrogen) atoms. The molecule has 0 spiro atoms. The van der Waals surface area contributed by atoms with E-state index in [0.29, 0.717) is 19.4 Å². The first-order valence-electron chi connectivity index (χ1n) is 8.50. The fourth-order valence-electron chi connectivity index (χ4n) is 2.97. The molecular formula is C17H31NO5. The molecule has 0 aromatic carbocycles. The molecule has 0 radical (unpaired) electrons. The summed E-state index contributed by atoms with van der Waals surface area (Å²) in [6.45, 7) is 8.03. The number of hydrogen-bond acceptors (Lipinski definition) is 4. The van der Waals surface area contributed by atoms with Gasteiger partial charge in [0.25, 0.3) is 0 Å². The van der Waals surface area contributed by atoms with E-state index in [2.05, 4.69) is 5.32 Å². The average Bonchev–Trinajstić information content (AvgIpc) is 2.44. The summed E-state index contributed by atoms with van der Waals surface area (Å²) < 4.78 is 10.9. The molecule has 6 heteroatoms. The number of carboxylic acids is 1. The topological polar surface area (TPSA) is 84.9 Å². The SMILES string of the molecule is CCCC(CNC(=O)OC(C)(C)C)(CC1CCCCO1)C(=O)O. The summed E-state index contributed by atoms with van der Waals surface area (Å²) in [4.78, 5) is 23.8. The zero-order valence-corrected chi connectivity index (χ0v) is 14.8. The zero-order chi connectivity index (χ0) is 17.5. The maximum absolute atomic E-state index is 11.9. The summed E-state index contributed by atoms with van der Waals surface area (Å²) in [5.41, 5.74) is -1.61. The van der Waals surface area contributed by atoms with E-state index in [1.165, 1.54) is 0 Å². The first-order chi connectivity index (χ1) is 10.7. The Balaban J connectivity index is 2.73. The molecule has 134 valence electrons. The summed E-state index contributed by atoms with van der Waals surface area (Å²) in [6.07, 6.45) is 3.99. The predicted octanol–water partition coefficient (Wildman–Crippen LogP) is 3.34. The van der Waals surface area contributed by atoms with Gasteiger partial charge >= 0.3 is 12.1 Å². The number of amides is 1. The summed E-state index contributed by atoms with van der Waals surface area (Å²) in [7, 11) is 0. The van der Waals surface area contributed by atoms with Gasteiger partial charge in [0.05, 0.1) is 11.5 Å². The lowest BCUT2D eigenvalue weighted by molar-refractivity contribution is -0.152. The molecule has 0 aromatic heterocycles. The molecule has 0 saturated carbocycles. The van der Waals surface area contributed by atoms with Crippen LogP contribution in [-0.2, 0) is 14.3 Å². The number of nitrogens with one attached hydrogen (secondary N) is 1. The van der Waals surface area contributed by atoms with Crippen LogP contribution in [0.4, 0.5) is 4.79 Å². The van der Waals surface area contributed by atoms with Gasteiger partial charge in [-0.25, -0.2) is 4.79 Å². The molecule has 0 aromatic rings. The van der Waals surface area contributed by atoms with E-state index in [0.717, 1.165) is 25.7 Å². The van der Waals surface area contributed by atoms with E-state index in [1.54, 1.807) is 20.8 Å². The van der Waals surface area contributed by atoms with Crippen LogP contribution < -0.4 is 5.32 Å². The third-order valence-electron chi connectivity index (χ3n) is 4.04. The van der Waals surface area contributed by atoms with Crippen molar-refractivity contribution in [1.82, 2.24) is 5.32 Å². The molecule has 1 aliphatic heterocycles. The summed E-state index contributed by atoms with van der Waals surface area (Å²) in [5, 5.41) is 12.4. The van der Waals surface area contributed by atoms with Crippen molar-refractivity contribution < 1.29 is 24.2 Å². The fraction of sp³-hybridized carbons (Fsp3) is 0.882. The van der Waals surface area contributed by atoms with Gasteiger partial charge in [-0.1, -0.05) is 13.3 Å². The van der Waals surface area contributed by atoms with Gasteiger partial charge in [0.1, 0.15) is 5.60 Å². The van der Waals surface area contributed by atoms with Gasteiger partial charge in [0.2, 0.25) is 0 Å². The molecule has 1 heterocycles. The first-order valence-corrected chi connectivity index (χ1v) is 8.50. The smallest absolute Gasteiger partial charge is 0.407 e. The third-order valence-corrected chi connectivity index (χ3v) is 4.04. The highest BCUT2D eigenvalue weighted by atomic mass is 16.6. The molecule has 1 rings (SSSR count). The standard InChI is InChI=1S/C17H31NO5/c1-5-9-17(14(19)20,11-13-8-6-7-10-22-13)12-18-15(21)23-16(2,3)4/h13H,5-12H2,1-4H3,(H,18,21)(H,19,20). The van der Waals surface area contributed by atoms with Gasteiger partial charge in [0, 0.05) is 13.2 Å². The second-order valence-electron chi connectivity index (χ2n) is 7.38. The number of carboxylic acid groups (broad SMARTS) is 1. The minimum atomic E-state index is -1.01. The van der Waals surface area contributed by atoms with Crippen LogP contribution in [0.5, 0.6) is 0 Å². The Morgan fingerprint density at radius 3 is 2.48 bits per heavy atom. The minimum Gasteiger partial charge on any atom is -0.481 e. The number of hydrogen-bond donors (Lipinski definition) is 2. The molecule has 1 saturated heterocycles. The van der Waals surface area contributed by atoms with E-state index < -0.39 is 23.1 Å². The lowest BCUT2D eigenvalue weighted by atomic mass is 9.77. The van der Waals surface area contributed by atoms with E-state index >= 15 is 0 Å². The van der Waals surface area contributed by atoms with E-state index in [9.17, 15) is 14.7 Å². The Morgan fingerprint density at radius 1 is 1.30 bits per heavy atom.